The Bertz CT molecular complexity index is 306. The van der Waals surface area contributed by atoms with Crippen molar-refractivity contribution in [3.63, 3.8) is 0 Å². The molecule has 80 valence electrons. The van der Waals surface area contributed by atoms with E-state index in [-0.39, 0.29) is 0 Å². The summed E-state index contributed by atoms with van der Waals surface area (Å²) in [4.78, 5) is 0.430. The van der Waals surface area contributed by atoms with E-state index in [1.165, 1.54) is 6.07 Å². The van der Waals surface area contributed by atoms with Crippen molar-refractivity contribution in [1.29, 1.82) is 0 Å². The van der Waals surface area contributed by atoms with Gasteiger partial charge in [-0.3, -0.25) is 0 Å². The van der Waals surface area contributed by atoms with Crippen molar-refractivity contribution < 1.29 is 13.2 Å². The molecule has 1 aromatic heterocycles. The monoisotopic (exact) mass is 307 g/mol. The average Bonchev–Trinajstić information content (AvgIpc) is 2.28. The van der Waals surface area contributed by atoms with Crippen LogP contribution in [0.4, 0.5) is 13.2 Å². The number of rotatable bonds is 2. The molecule has 2 N–H and O–H groups in total. The Morgan fingerprint density at radius 2 is 2.14 bits per heavy atom. The van der Waals surface area contributed by atoms with Crippen molar-refractivity contribution in [2.24, 2.45) is 5.73 Å². The van der Waals surface area contributed by atoms with E-state index >= 15 is 0 Å². The van der Waals surface area contributed by atoms with Crippen LogP contribution >= 0.6 is 38.9 Å². The van der Waals surface area contributed by atoms with Crippen LogP contribution in [-0.4, -0.2) is 6.18 Å². The van der Waals surface area contributed by atoms with Crippen molar-refractivity contribution in [1.82, 2.24) is 0 Å². The molecular weight excluding hydrogens is 303 g/mol. The third-order valence-electron chi connectivity index (χ3n) is 1.48. The van der Waals surface area contributed by atoms with E-state index in [0.29, 0.717) is 13.7 Å². The summed E-state index contributed by atoms with van der Waals surface area (Å²) in [5.74, 6) is 0. The predicted octanol–water partition coefficient (Wildman–Crippen LogP) is 4.12. The molecule has 0 saturated carbocycles. The lowest BCUT2D eigenvalue weighted by Crippen LogP contribution is -2.19. The molecule has 0 aliphatic rings. The highest BCUT2D eigenvalue weighted by Gasteiger charge is 2.31. The maximum absolute atomic E-state index is 12.0. The van der Waals surface area contributed by atoms with E-state index in [1.54, 1.807) is 0 Å². The quantitative estimate of drug-likeness (QED) is 0.874. The van der Waals surface area contributed by atoms with Crippen LogP contribution in [0.15, 0.2) is 10.5 Å². The number of halogens is 5. The van der Waals surface area contributed by atoms with Crippen molar-refractivity contribution in [2.75, 3.05) is 0 Å². The first-order valence-electron chi connectivity index (χ1n) is 3.56. The Balaban J connectivity index is 2.75. The standard InChI is InChI=1S/C7H6BrClF3NS/c8-3-1-5(14-6(3)9)4(13)2-7(10,11)12/h1,4H,2,13H2/t4-/m1/s1. The van der Waals surface area contributed by atoms with Crippen molar-refractivity contribution in [3.8, 4) is 0 Å². The van der Waals surface area contributed by atoms with E-state index in [9.17, 15) is 13.2 Å². The Morgan fingerprint density at radius 1 is 1.57 bits per heavy atom. The minimum atomic E-state index is -4.25. The van der Waals surface area contributed by atoms with Gasteiger partial charge in [-0.05, 0) is 22.0 Å². The summed E-state index contributed by atoms with van der Waals surface area (Å²) in [5, 5.41) is 0. The van der Waals surface area contributed by atoms with Crippen molar-refractivity contribution in [2.45, 2.75) is 18.6 Å². The summed E-state index contributed by atoms with van der Waals surface area (Å²) < 4.78 is 36.9. The van der Waals surface area contributed by atoms with Gasteiger partial charge in [-0.15, -0.1) is 11.3 Å². The fourth-order valence-corrected chi connectivity index (χ4v) is 2.63. The van der Waals surface area contributed by atoms with E-state index in [2.05, 4.69) is 15.9 Å². The molecule has 0 aliphatic heterocycles. The molecule has 1 heterocycles. The lowest BCUT2D eigenvalue weighted by atomic mass is 10.2. The number of thiophene rings is 1. The number of nitrogens with two attached hydrogens (primary N) is 1. The second kappa shape index (κ2) is 4.38. The van der Waals surface area contributed by atoms with Gasteiger partial charge in [0, 0.05) is 15.4 Å². The SMILES string of the molecule is N[C@H](CC(F)(F)F)c1cc(Br)c(Cl)s1. The van der Waals surface area contributed by atoms with E-state index in [0.717, 1.165) is 11.3 Å². The highest BCUT2D eigenvalue weighted by atomic mass is 79.9. The van der Waals surface area contributed by atoms with Gasteiger partial charge in [-0.1, -0.05) is 11.6 Å². The molecule has 1 aromatic rings. The summed E-state index contributed by atoms with van der Waals surface area (Å²) >= 11 is 9.84. The molecule has 0 amide bonds. The average molecular weight is 309 g/mol. The molecule has 0 radical (unpaired) electrons. The molecule has 7 heteroatoms. The molecule has 0 aromatic carbocycles. The Kier molecular flexibility index (Phi) is 3.85. The van der Waals surface area contributed by atoms with Gasteiger partial charge in [0.05, 0.1) is 6.42 Å². The summed E-state index contributed by atoms with van der Waals surface area (Å²) in [6.45, 7) is 0. The molecular formula is C7H6BrClF3NS. The predicted molar refractivity (Wildman–Crippen MR) is 54.6 cm³/mol. The second-order valence-corrected chi connectivity index (χ2v) is 5.24. The molecule has 0 unspecified atom stereocenters. The summed E-state index contributed by atoms with van der Waals surface area (Å²) in [6.07, 6.45) is -5.28. The molecule has 1 atom stereocenters. The molecule has 14 heavy (non-hydrogen) atoms. The molecule has 1 rings (SSSR count). The minimum Gasteiger partial charge on any atom is -0.323 e. The van der Waals surface area contributed by atoms with Crippen LogP contribution in [0.3, 0.4) is 0 Å². The molecule has 0 fully saturated rings. The topological polar surface area (TPSA) is 26.0 Å². The molecule has 1 nitrogen and oxygen atoms in total. The summed E-state index contributed by atoms with van der Waals surface area (Å²) in [7, 11) is 0. The van der Waals surface area contributed by atoms with Crippen LogP contribution in [0.5, 0.6) is 0 Å². The number of hydrogen-bond acceptors (Lipinski definition) is 2. The van der Waals surface area contributed by atoms with Crippen molar-refractivity contribution in [3.05, 3.63) is 19.8 Å². The highest BCUT2D eigenvalue weighted by Crippen LogP contribution is 2.37. The zero-order valence-corrected chi connectivity index (χ0v) is 9.90. The van der Waals surface area contributed by atoms with E-state index in [4.69, 9.17) is 17.3 Å². The second-order valence-electron chi connectivity index (χ2n) is 2.70. The normalized spacial score (nSPS) is 14.4. The number of hydrogen-bond donors (Lipinski definition) is 1. The molecule has 0 bridgehead atoms. The van der Waals surface area contributed by atoms with Crippen LogP contribution < -0.4 is 5.73 Å². The van der Waals surface area contributed by atoms with Gasteiger partial charge in [0.25, 0.3) is 0 Å². The number of alkyl halides is 3. The maximum Gasteiger partial charge on any atom is 0.390 e. The van der Waals surface area contributed by atoms with Crippen LogP contribution in [0.1, 0.15) is 17.3 Å². The zero-order chi connectivity index (χ0) is 10.9. The largest absolute Gasteiger partial charge is 0.390 e. The Morgan fingerprint density at radius 3 is 2.50 bits per heavy atom. The fraction of sp³-hybridized carbons (Fsp3) is 0.429. The third kappa shape index (κ3) is 3.42. The van der Waals surface area contributed by atoms with E-state index in [1.807, 2.05) is 0 Å². The minimum absolute atomic E-state index is 0.414. The lowest BCUT2D eigenvalue weighted by molar-refractivity contribution is -0.138. The van der Waals surface area contributed by atoms with Crippen LogP contribution in [0.2, 0.25) is 4.34 Å². The van der Waals surface area contributed by atoms with Crippen LogP contribution in [0.25, 0.3) is 0 Å². The van der Waals surface area contributed by atoms with Crippen LogP contribution in [-0.2, 0) is 0 Å². The van der Waals surface area contributed by atoms with Crippen molar-refractivity contribution >= 4 is 38.9 Å². The van der Waals surface area contributed by atoms with E-state index < -0.39 is 18.6 Å². The Labute approximate surface area is 96.2 Å². The van der Waals surface area contributed by atoms with Gasteiger partial charge in [0.1, 0.15) is 4.34 Å². The molecule has 0 saturated heterocycles. The maximum atomic E-state index is 12.0. The summed E-state index contributed by atoms with van der Waals surface area (Å²) in [6, 6.07) is 0.479. The highest BCUT2D eigenvalue weighted by molar-refractivity contribution is 9.10. The smallest absolute Gasteiger partial charge is 0.323 e. The third-order valence-corrected chi connectivity index (χ3v) is 4.09. The van der Waals surface area contributed by atoms with Gasteiger partial charge < -0.3 is 5.73 Å². The fourth-order valence-electron chi connectivity index (χ4n) is 0.896. The Hall–Kier alpha value is 0.220. The first kappa shape index (κ1) is 12.3. The first-order chi connectivity index (χ1) is 6.29. The molecule has 0 spiro atoms. The van der Waals surface area contributed by atoms with Gasteiger partial charge in [-0.25, -0.2) is 0 Å². The van der Waals surface area contributed by atoms with Gasteiger partial charge in [0.2, 0.25) is 0 Å². The lowest BCUT2D eigenvalue weighted by Gasteiger charge is -2.11. The molecule has 0 aliphatic carbocycles. The van der Waals surface area contributed by atoms with Gasteiger partial charge in [0.15, 0.2) is 0 Å². The summed E-state index contributed by atoms with van der Waals surface area (Å²) in [5.41, 5.74) is 5.37. The van der Waals surface area contributed by atoms with Gasteiger partial charge >= 0.3 is 6.18 Å². The van der Waals surface area contributed by atoms with Gasteiger partial charge in [-0.2, -0.15) is 13.2 Å². The first-order valence-corrected chi connectivity index (χ1v) is 5.55. The van der Waals surface area contributed by atoms with Crippen LogP contribution in [0, 0.1) is 0 Å². The zero-order valence-electron chi connectivity index (χ0n) is 6.74.